The van der Waals surface area contributed by atoms with E-state index in [-0.39, 0.29) is 12.2 Å². The maximum atomic E-state index is 12.7. The van der Waals surface area contributed by atoms with Gasteiger partial charge in [-0.25, -0.2) is 4.79 Å². The van der Waals surface area contributed by atoms with Crippen LogP contribution in [0.1, 0.15) is 11.1 Å². The minimum absolute atomic E-state index is 0.0725. The average molecular weight is 412 g/mol. The molecule has 0 radical (unpaired) electrons. The number of hydrogen-bond acceptors (Lipinski definition) is 2. The molecule has 1 saturated heterocycles. The summed E-state index contributed by atoms with van der Waals surface area (Å²) < 4.78 is 1.94. The second-order valence-electron chi connectivity index (χ2n) is 6.30. The molecule has 4 rings (SSSR count). The molecule has 3 aromatic rings. The van der Waals surface area contributed by atoms with Crippen molar-refractivity contribution in [3.05, 3.63) is 93.9 Å². The molecule has 28 heavy (non-hydrogen) atoms. The van der Waals surface area contributed by atoms with Gasteiger partial charge in [0.1, 0.15) is 5.70 Å². The van der Waals surface area contributed by atoms with Gasteiger partial charge in [0, 0.05) is 28.1 Å². The Bertz CT molecular complexity index is 1090. The fourth-order valence-corrected chi connectivity index (χ4v) is 3.43. The fourth-order valence-electron chi connectivity index (χ4n) is 2.96. The van der Waals surface area contributed by atoms with Gasteiger partial charge in [-0.2, -0.15) is 0 Å². The summed E-state index contributed by atoms with van der Waals surface area (Å²) >= 11 is 12.1. The van der Waals surface area contributed by atoms with Gasteiger partial charge in [0.2, 0.25) is 0 Å². The topological polar surface area (TPSA) is 54.3 Å². The van der Waals surface area contributed by atoms with Crippen molar-refractivity contribution in [3.8, 4) is 5.69 Å². The number of benzene rings is 2. The van der Waals surface area contributed by atoms with Crippen LogP contribution in [0, 0.1) is 0 Å². The third-order valence-corrected chi connectivity index (χ3v) is 4.97. The molecule has 1 aliphatic heterocycles. The number of hydrogen-bond donors (Lipinski definition) is 1. The zero-order chi connectivity index (χ0) is 19.7. The van der Waals surface area contributed by atoms with Crippen LogP contribution in [0.15, 0.2) is 72.7 Å². The fraction of sp³-hybridized carbons (Fsp3) is 0.0476. The minimum Gasteiger partial charge on any atom is -0.323 e. The Kier molecular flexibility index (Phi) is 4.94. The average Bonchev–Trinajstić information content (AvgIpc) is 3.25. The highest BCUT2D eigenvalue weighted by Crippen LogP contribution is 2.24. The molecule has 7 heteroatoms. The van der Waals surface area contributed by atoms with Crippen LogP contribution < -0.4 is 5.32 Å². The van der Waals surface area contributed by atoms with E-state index in [0.29, 0.717) is 15.6 Å². The van der Waals surface area contributed by atoms with Crippen LogP contribution in [-0.2, 0) is 11.3 Å². The maximum absolute atomic E-state index is 12.7. The number of nitrogens with zero attached hydrogens (tertiary/aromatic N) is 2. The van der Waals surface area contributed by atoms with E-state index in [4.69, 9.17) is 23.2 Å². The van der Waals surface area contributed by atoms with E-state index in [1.807, 2.05) is 53.4 Å². The Morgan fingerprint density at radius 3 is 2.54 bits per heavy atom. The molecule has 2 aromatic carbocycles. The lowest BCUT2D eigenvalue weighted by atomic mass is 10.2. The molecule has 1 fully saturated rings. The molecule has 0 saturated carbocycles. The SMILES string of the molecule is O=C1N/C(=C/c2ccn(-c3ccccc3)c2)C(=O)N1Cc1ccc(Cl)cc1Cl. The number of imide groups is 1. The standard InChI is InChI=1S/C21H15Cl2N3O2/c22-16-7-6-15(18(23)11-16)13-26-20(27)19(24-21(26)28)10-14-8-9-25(12-14)17-4-2-1-3-5-17/h1-12H,13H2,(H,24,28)/b19-10+. The quantitative estimate of drug-likeness (QED) is 0.491. The Labute approximate surface area is 171 Å². The van der Waals surface area contributed by atoms with E-state index >= 15 is 0 Å². The number of urea groups is 1. The highest BCUT2D eigenvalue weighted by Gasteiger charge is 2.33. The predicted molar refractivity (Wildman–Crippen MR) is 109 cm³/mol. The van der Waals surface area contributed by atoms with Crippen LogP contribution in [0.2, 0.25) is 10.0 Å². The Morgan fingerprint density at radius 2 is 1.79 bits per heavy atom. The number of aromatic nitrogens is 1. The molecule has 0 unspecified atom stereocenters. The van der Waals surface area contributed by atoms with Crippen molar-refractivity contribution in [2.45, 2.75) is 6.54 Å². The third-order valence-electron chi connectivity index (χ3n) is 4.39. The van der Waals surface area contributed by atoms with Crippen molar-refractivity contribution in [1.29, 1.82) is 0 Å². The molecule has 0 bridgehead atoms. The number of carbonyl (C=O) groups excluding carboxylic acids is 2. The molecule has 1 aromatic heterocycles. The predicted octanol–water partition coefficient (Wildman–Crippen LogP) is 4.88. The second kappa shape index (κ2) is 7.54. The van der Waals surface area contributed by atoms with Crippen molar-refractivity contribution in [2.75, 3.05) is 0 Å². The second-order valence-corrected chi connectivity index (χ2v) is 7.15. The van der Waals surface area contributed by atoms with E-state index in [9.17, 15) is 9.59 Å². The zero-order valence-corrected chi connectivity index (χ0v) is 16.1. The highest BCUT2D eigenvalue weighted by atomic mass is 35.5. The van der Waals surface area contributed by atoms with E-state index < -0.39 is 11.9 Å². The summed E-state index contributed by atoms with van der Waals surface area (Å²) in [5.74, 6) is -0.400. The van der Waals surface area contributed by atoms with Gasteiger partial charge in [-0.15, -0.1) is 0 Å². The van der Waals surface area contributed by atoms with Gasteiger partial charge >= 0.3 is 6.03 Å². The van der Waals surface area contributed by atoms with Crippen molar-refractivity contribution in [1.82, 2.24) is 14.8 Å². The first-order valence-corrected chi connectivity index (χ1v) is 9.29. The van der Waals surface area contributed by atoms with Gasteiger partial charge in [-0.3, -0.25) is 9.69 Å². The van der Waals surface area contributed by atoms with Gasteiger partial charge in [0.05, 0.1) is 6.54 Å². The summed E-state index contributed by atoms with van der Waals surface area (Å²) in [6, 6.07) is 16.2. The molecule has 5 nitrogen and oxygen atoms in total. The summed E-state index contributed by atoms with van der Waals surface area (Å²) in [6.45, 7) is 0.0725. The van der Waals surface area contributed by atoms with Crippen molar-refractivity contribution < 1.29 is 9.59 Å². The number of halogens is 2. The van der Waals surface area contributed by atoms with Crippen LogP contribution in [0.5, 0.6) is 0 Å². The lowest BCUT2D eigenvalue weighted by Gasteiger charge is -2.13. The summed E-state index contributed by atoms with van der Waals surface area (Å²) in [6.07, 6.45) is 5.44. The first kappa shape index (κ1) is 18.3. The summed E-state index contributed by atoms with van der Waals surface area (Å²) in [5, 5.41) is 3.53. The van der Waals surface area contributed by atoms with Crippen LogP contribution in [0.3, 0.4) is 0 Å². The first-order valence-electron chi connectivity index (χ1n) is 8.53. The van der Waals surface area contributed by atoms with Crippen molar-refractivity contribution in [2.24, 2.45) is 0 Å². The van der Waals surface area contributed by atoms with E-state index in [2.05, 4.69) is 5.32 Å². The Morgan fingerprint density at radius 1 is 1.00 bits per heavy atom. The van der Waals surface area contributed by atoms with Crippen molar-refractivity contribution in [3.63, 3.8) is 0 Å². The van der Waals surface area contributed by atoms with E-state index in [0.717, 1.165) is 16.2 Å². The highest BCUT2D eigenvalue weighted by molar-refractivity contribution is 6.35. The summed E-state index contributed by atoms with van der Waals surface area (Å²) in [5.41, 5.74) is 2.68. The smallest absolute Gasteiger partial charge is 0.323 e. The van der Waals surface area contributed by atoms with Gasteiger partial charge in [0.15, 0.2) is 0 Å². The van der Waals surface area contributed by atoms with Crippen LogP contribution >= 0.6 is 23.2 Å². The Hall–Kier alpha value is -3.02. The molecule has 1 N–H and O–H groups in total. The Balaban J connectivity index is 1.54. The molecule has 0 spiro atoms. The summed E-state index contributed by atoms with van der Waals surface area (Å²) in [4.78, 5) is 26.1. The van der Waals surface area contributed by atoms with E-state index in [1.54, 1.807) is 24.3 Å². The normalized spacial score (nSPS) is 15.4. The van der Waals surface area contributed by atoms with Gasteiger partial charge in [-0.1, -0.05) is 47.5 Å². The third kappa shape index (κ3) is 3.67. The van der Waals surface area contributed by atoms with Crippen molar-refractivity contribution >= 4 is 41.2 Å². The number of para-hydroxylation sites is 1. The number of amides is 3. The summed E-state index contributed by atoms with van der Waals surface area (Å²) in [7, 11) is 0. The molecule has 0 aliphatic carbocycles. The maximum Gasteiger partial charge on any atom is 0.329 e. The molecule has 140 valence electrons. The molecule has 3 amide bonds. The van der Waals surface area contributed by atoms with Gasteiger partial charge < -0.3 is 9.88 Å². The lowest BCUT2D eigenvalue weighted by Crippen LogP contribution is -2.30. The van der Waals surface area contributed by atoms with Gasteiger partial charge in [0.25, 0.3) is 5.91 Å². The number of nitrogens with one attached hydrogen (secondary N) is 1. The first-order chi connectivity index (χ1) is 13.5. The zero-order valence-electron chi connectivity index (χ0n) is 14.6. The lowest BCUT2D eigenvalue weighted by molar-refractivity contribution is -0.123. The van der Waals surface area contributed by atoms with Crippen LogP contribution in [-0.4, -0.2) is 21.4 Å². The molecular weight excluding hydrogens is 397 g/mol. The molecular formula is C21H15Cl2N3O2. The molecule has 0 atom stereocenters. The molecule has 2 heterocycles. The number of rotatable bonds is 4. The van der Waals surface area contributed by atoms with E-state index in [1.165, 1.54) is 0 Å². The molecule has 1 aliphatic rings. The monoisotopic (exact) mass is 411 g/mol. The van der Waals surface area contributed by atoms with Crippen LogP contribution in [0.25, 0.3) is 11.8 Å². The largest absolute Gasteiger partial charge is 0.329 e. The minimum atomic E-state index is -0.482. The van der Waals surface area contributed by atoms with Crippen LogP contribution in [0.4, 0.5) is 4.79 Å². The number of carbonyl (C=O) groups is 2. The van der Waals surface area contributed by atoms with Gasteiger partial charge in [-0.05, 0) is 47.5 Å².